The zero-order chi connectivity index (χ0) is 22.8. The predicted molar refractivity (Wildman–Crippen MR) is 112 cm³/mol. The number of hydrogen-bond donors (Lipinski definition) is 4. The van der Waals surface area contributed by atoms with Crippen molar-refractivity contribution in [3.05, 3.63) is 52.3 Å². The highest BCUT2D eigenvalue weighted by atomic mass is 35.5. The van der Waals surface area contributed by atoms with E-state index in [0.717, 1.165) is 6.07 Å². The summed E-state index contributed by atoms with van der Waals surface area (Å²) >= 11 is 11.2. The van der Waals surface area contributed by atoms with E-state index in [2.05, 4.69) is 10.6 Å². The molecule has 0 fully saturated rings. The maximum atomic E-state index is 13.3. The molecule has 0 heterocycles. The number of aliphatic hydroxyl groups excluding tert-OH is 1. The SMILES string of the molecule is O=C(COc1ccc(Cl)c(O)c1)NCC[C@H](O)CNC(=O)COc1ccc(Cl)c(F)c1. The topological polar surface area (TPSA) is 117 Å². The van der Waals surface area contributed by atoms with Crippen LogP contribution in [-0.2, 0) is 9.59 Å². The van der Waals surface area contributed by atoms with E-state index in [1.807, 2.05) is 0 Å². The Morgan fingerprint density at radius 1 is 0.968 bits per heavy atom. The third-order valence-corrected chi connectivity index (χ3v) is 4.51. The first-order valence-corrected chi connectivity index (χ1v) is 9.91. The monoisotopic (exact) mass is 474 g/mol. The number of carbonyl (C=O) groups excluding carboxylic acids is 2. The summed E-state index contributed by atoms with van der Waals surface area (Å²) in [4.78, 5) is 23.5. The second-order valence-corrected chi connectivity index (χ2v) is 7.18. The predicted octanol–water partition coefficient (Wildman–Crippen LogP) is 2.28. The summed E-state index contributed by atoms with van der Waals surface area (Å²) in [6.45, 7) is -0.530. The first-order chi connectivity index (χ1) is 14.7. The highest BCUT2D eigenvalue weighted by Crippen LogP contribution is 2.27. The maximum absolute atomic E-state index is 13.3. The van der Waals surface area contributed by atoms with Crippen molar-refractivity contribution in [2.24, 2.45) is 0 Å². The van der Waals surface area contributed by atoms with E-state index in [1.165, 1.54) is 30.3 Å². The van der Waals surface area contributed by atoms with Crippen LogP contribution in [0, 0.1) is 5.82 Å². The zero-order valence-corrected chi connectivity index (χ0v) is 17.8. The lowest BCUT2D eigenvalue weighted by Gasteiger charge is -2.13. The van der Waals surface area contributed by atoms with Gasteiger partial charge in [0.25, 0.3) is 11.8 Å². The number of benzene rings is 2. The number of amides is 2. The lowest BCUT2D eigenvalue weighted by Crippen LogP contribution is -2.37. The fraction of sp³-hybridized carbons (Fsp3) is 0.300. The van der Waals surface area contributed by atoms with Crippen LogP contribution in [0.3, 0.4) is 0 Å². The van der Waals surface area contributed by atoms with Crippen molar-refractivity contribution in [3.63, 3.8) is 0 Å². The number of nitrogens with one attached hydrogen (secondary N) is 2. The maximum Gasteiger partial charge on any atom is 0.258 e. The number of halogens is 3. The normalized spacial score (nSPS) is 11.5. The summed E-state index contributed by atoms with van der Waals surface area (Å²) in [5.41, 5.74) is 0. The molecule has 2 rings (SSSR count). The van der Waals surface area contributed by atoms with Crippen LogP contribution in [0.2, 0.25) is 10.0 Å². The fourth-order valence-corrected chi connectivity index (χ4v) is 2.50. The number of aromatic hydroxyl groups is 1. The molecule has 0 saturated heterocycles. The summed E-state index contributed by atoms with van der Waals surface area (Å²) in [6, 6.07) is 8.03. The number of phenolic OH excluding ortho intramolecular Hbond substituents is 1. The molecule has 8 nitrogen and oxygen atoms in total. The molecular formula is C20H21Cl2FN2O6. The molecule has 4 N–H and O–H groups in total. The summed E-state index contributed by atoms with van der Waals surface area (Å²) in [7, 11) is 0. The molecular weight excluding hydrogens is 454 g/mol. The number of aliphatic hydroxyl groups is 1. The van der Waals surface area contributed by atoms with Gasteiger partial charge in [0, 0.05) is 25.2 Å². The molecule has 2 aromatic rings. The van der Waals surface area contributed by atoms with Crippen LogP contribution < -0.4 is 20.1 Å². The molecule has 0 unspecified atom stereocenters. The van der Waals surface area contributed by atoms with Crippen LogP contribution in [0.25, 0.3) is 0 Å². The van der Waals surface area contributed by atoms with Gasteiger partial charge < -0.3 is 30.3 Å². The summed E-state index contributed by atoms with van der Waals surface area (Å²) in [5.74, 6) is -1.31. The van der Waals surface area contributed by atoms with Gasteiger partial charge in [-0.3, -0.25) is 9.59 Å². The van der Waals surface area contributed by atoms with Crippen LogP contribution in [0.5, 0.6) is 17.2 Å². The number of rotatable bonds is 11. The molecule has 168 valence electrons. The second-order valence-electron chi connectivity index (χ2n) is 6.36. The molecule has 2 aromatic carbocycles. The van der Waals surface area contributed by atoms with Gasteiger partial charge in [-0.05, 0) is 30.7 Å². The Morgan fingerprint density at radius 2 is 1.55 bits per heavy atom. The Balaban J connectivity index is 1.57. The summed E-state index contributed by atoms with van der Waals surface area (Å²) in [5, 5.41) is 24.5. The average molecular weight is 475 g/mol. The smallest absolute Gasteiger partial charge is 0.258 e. The lowest BCUT2D eigenvalue weighted by atomic mass is 10.2. The number of phenols is 1. The van der Waals surface area contributed by atoms with Gasteiger partial charge in [0.15, 0.2) is 13.2 Å². The number of ether oxygens (including phenoxy) is 2. The Hall–Kier alpha value is -2.75. The van der Waals surface area contributed by atoms with E-state index < -0.39 is 23.7 Å². The van der Waals surface area contributed by atoms with Gasteiger partial charge in [-0.25, -0.2) is 4.39 Å². The van der Waals surface area contributed by atoms with Crippen molar-refractivity contribution in [2.45, 2.75) is 12.5 Å². The van der Waals surface area contributed by atoms with Gasteiger partial charge in [-0.2, -0.15) is 0 Å². The number of hydrogen-bond acceptors (Lipinski definition) is 6. The Bertz CT molecular complexity index is 915. The van der Waals surface area contributed by atoms with Gasteiger partial charge in [0.05, 0.1) is 16.1 Å². The van der Waals surface area contributed by atoms with Crippen LogP contribution in [0.1, 0.15) is 6.42 Å². The Kier molecular flexibility index (Phi) is 9.64. The second kappa shape index (κ2) is 12.2. The van der Waals surface area contributed by atoms with Crippen molar-refractivity contribution < 1.29 is 33.7 Å². The highest BCUT2D eigenvalue weighted by molar-refractivity contribution is 6.32. The van der Waals surface area contributed by atoms with Gasteiger partial charge in [0.1, 0.15) is 23.1 Å². The first kappa shape index (κ1) is 24.5. The Labute approximate surface area is 187 Å². The molecule has 11 heteroatoms. The van der Waals surface area contributed by atoms with Crippen molar-refractivity contribution in [3.8, 4) is 17.2 Å². The lowest BCUT2D eigenvalue weighted by molar-refractivity contribution is -0.124. The third kappa shape index (κ3) is 8.87. The standard InChI is InChI=1S/C20H21Cl2FN2O6/c21-15-3-1-13(7-17(15)23)30-11-20(29)25-9-12(26)5-6-24-19(28)10-31-14-2-4-16(22)18(27)8-14/h1-4,7-8,12,26-27H,5-6,9-11H2,(H,24,28)(H,25,29)/t12-/m0/s1. The van der Waals surface area contributed by atoms with Crippen molar-refractivity contribution >= 4 is 35.0 Å². The van der Waals surface area contributed by atoms with Crippen molar-refractivity contribution in [1.82, 2.24) is 10.6 Å². The molecule has 31 heavy (non-hydrogen) atoms. The minimum atomic E-state index is -0.897. The molecule has 0 bridgehead atoms. The molecule has 0 aliphatic heterocycles. The fourth-order valence-electron chi connectivity index (χ4n) is 2.26. The van der Waals surface area contributed by atoms with E-state index in [1.54, 1.807) is 0 Å². The van der Waals surface area contributed by atoms with E-state index in [-0.39, 0.29) is 60.0 Å². The molecule has 0 aliphatic rings. The van der Waals surface area contributed by atoms with Crippen molar-refractivity contribution in [2.75, 3.05) is 26.3 Å². The van der Waals surface area contributed by atoms with E-state index in [0.29, 0.717) is 0 Å². The minimum absolute atomic E-state index is 0.0480. The van der Waals surface area contributed by atoms with E-state index >= 15 is 0 Å². The first-order valence-electron chi connectivity index (χ1n) is 9.15. The van der Waals surface area contributed by atoms with E-state index in [4.69, 9.17) is 32.7 Å². The summed E-state index contributed by atoms with van der Waals surface area (Å²) in [6.07, 6.45) is -0.705. The number of carbonyl (C=O) groups is 2. The van der Waals surface area contributed by atoms with Crippen LogP contribution in [0.4, 0.5) is 4.39 Å². The largest absolute Gasteiger partial charge is 0.506 e. The molecule has 0 radical (unpaired) electrons. The van der Waals surface area contributed by atoms with Gasteiger partial charge >= 0.3 is 0 Å². The minimum Gasteiger partial charge on any atom is -0.506 e. The highest BCUT2D eigenvalue weighted by Gasteiger charge is 2.10. The molecule has 1 atom stereocenters. The third-order valence-electron chi connectivity index (χ3n) is 3.88. The van der Waals surface area contributed by atoms with Crippen LogP contribution in [-0.4, -0.2) is 54.4 Å². The van der Waals surface area contributed by atoms with Crippen LogP contribution in [0.15, 0.2) is 36.4 Å². The molecule has 0 aromatic heterocycles. The molecule has 2 amide bonds. The zero-order valence-electron chi connectivity index (χ0n) is 16.2. The quantitative estimate of drug-likeness (QED) is 0.396. The van der Waals surface area contributed by atoms with Gasteiger partial charge in [-0.1, -0.05) is 23.2 Å². The summed E-state index contributed by atoms with van der Waals surface area (Å²) < 4.78 is 23.7. The van der Waals surface area contributed by atoms with Crippen molar-refractivity contribution in [1.29, 1.82) is 0 Å². The molecule has 0 saturated carbocycles. The van der Waals surface area contributed by atoms with E-state index in [9.17, 15) is 24.2 Å². The Morgan fingerprint density at radius 3 is 2.16 bits per heavy atom. The molecule has 0 spiro atoms. The van der Waals surface area contributed by atoms with Gasteiger partial charge in [-0.15, -0.1) is 0 Å². The molecule has 0 aliphatic carbocycles. The van der Waals surface area contributed by atoms with Gasteiger partial charge in [0.2, 0.25) is 0 Å². The van der Waals surface area contributed by atoms with Crippen LogP contribution >= 0.6 is 23.2 Å². The average Bonchev–Trinajstić information content (AvgIpc) is 2.74.